The summed E-state index contributed by atoms with van der Waals surface area (Å²) in [5, 5.41) is 0. The van der Waals surface area contributed by atoms with Crippen molar-refractivity contribution < 1.29 is 0 Å². The molecule has 0 spiro atoms. The van der Waals surface area contributed by atoms with E-state index in [9.17, 15) is 0 Å². The van der Waals surface area contributed by atoms with Gasteiger partial charge in [-0.05, 0) is 25.7 Å². The molecule has 0 fully saturated rings. The smallest absolute Gasteiger partial charge is 0.0323 e. The molecule has 0 radical (unpaired) electrons. The van der Waals surface area contributed by atoms with Crippen LogP contribution in [0.5, 0.6) is 0 Å². The standard InChI is InChI=1S/C15H30/c1-4-6-8-9-10-12-14-15(3)13-11-7-5-2/h3-14H2,1-2H3. The lowest BCUT2D eigenvalue weighted by Crippen LogP contribution is -1.85. The highest BCUT2D eigenvalue weighted by molar-refractivity contribution is 4.93. The molecule has 0 saturated heterocycles. The molecule has 0 heterocycles. The first kappa shape index (κ1) is 14.7. The zero-order chi connectivity index (χ0) is 11.4. The van der Waals surface area contributed by atoms with Crippen molar-refractivity contribution in [3.05, 3.63) is 12.2 Å². The Labute approximate surface area is 97.2 Å². The number of unbranched alkanes of at least 4 members (excludes halogenated alkanes) is 7. The molecule has 0 aliphatic carbocycles. The zero-order valence-corrected chi connectivity index (χ0v) is 11.0. The van der Waals surface area contributed by atoms with Crippen LogP contribution in [0.25, 0.3) is 0 Å². The summed E-state index contributed by atoms with van der Waals surface area (Å²) in [4.78, 5) is 0. The van der Waals surface area contributed by atoms with E-state index in [1.54, 1.807) is 0 Å². The molecule has 0 atom stereocenters. The van der Waals surface area contributed by atoms with Crippen molar-refractivity contribution >= 4 is 0 Å². The average Bonchev–Trinajstić information content (AvgIpc) is 2.23. The van der Waals surface area contributed by atoms with Crippen molar-refractivity contribution in [2.24, 2.45) is 0 Å². The van der Waals surface area contributed by atoms with E-state index >= 15 is 0 Å². The zero-order valence-electron chi connectivity index (χ0n) is 11.0. The molecule has 0 unspecified atom stereocenters. The van der Waals surface area contributed by atoms with Gasteiger partial charge in [-0.3, -0.25) is 0 Å². The van der Waals surface area contributed by atoms with Gasteiger partial charge in [0.05, 0.1) is 0 Å². The van der Waals surface area contributed by atoms with Crippen LogP contribution in [-0.4, -0.2) is 0 Å². The second-order valence-electron chi connectivity index (χ2n) is 4.72. The molecule has 0 aromatic carbocycles. The van der Waals surface area contributed by atoms with Crippen molar-refractivity contribution in [3.63, 3.8) is 0 Å². The highest BCUT2D eigenvalue weighted by atomic mass is 14.0. The molecule has 15 heavy (non-hydrogen) atoms. The predicted molar refractivity (Wildman–Crippen MR) is 71.3 cm³/mol. The van der Waals surface area contributed by atoms with Crippen LogP contribution in [0.3, 0.4) is 0 Å². The van der Waals surface area contributed by atoms with Gasteiger partial charge in [-0.2, -0.15) is 0 Å². The Morgan fingerprint density at radius 2 is 1.07 bits per heavy atom. The van der Waals surface area contributed by atoms with E-state index in [0.29, 0.717) is 0 Å². The SMILES string of the molecule is C=C(CCCCC)CCCCCCCC. The lowest BCUT2D eigenvalue weighted by Gasteiger charge is -2.05. The van der Waals surface area contributed by atoms with E-state index in [2.05, 4.69) is 20.4 Å². The van der Waals surface area contributed by atoms with Gasteiger partial charge < -0.3 is 0 Å². The van der Waals surface area contributed by atoms with Crippen LogP contribution in [0.15, 0.2) is 12.2 Å². The second-order valence-corrected chi connectivity index (χ2v) is 4.72. The average molecular weight is 210 g/mol. The third-order valence-electron chi connectivity index (χ3n) is 3.02. The molecule has 0 N–H and O–H groups in total. The summed E-state index contributed by atoms with van der Waals surface area (Å²) in [6.45, 7) is 8.69. The van der Waals surface area contributed by atoms with E-state index in [4.69, 9.17) is 0 Å². The molecule has 0 aliphatic rings. The molecule has 0 bridgehead atoms. The summed E-state index contributed by atoms with van der Waals surface area (Å²) < 4.78 is 0. The molecule has 0 saturated carbocycles. The van der Waals surface area contributed by atoms with Gasteiger partial charge >= 0.3 is 0 Å². The monoisotopic (exact) mass is 210 g/mol. The minimum absolute atomic E-state index is 1.27. The van der Waals surface area contributed by atoms with E-state index in [1.807, 2.05) is 0 Å². The molecule has 0 rings (SSSR count). The van der Waals surface area contributed by atoms with E-state index in [1.165, 1.54) is 76.2 Å². The van der Waals surface area contributed by atoms with E-state index in [0.717, 1.165) is 0 Å². The fraction of sp³-hybridized carbons (Fsp3) is 0.867. The van der Waals surface area contributed by atoms with Gasteiger partial charge in [0.15, 0.2) is 0 Å². The minimum atomic E-state index is 1.27. The maximum atomic E-state index is 4.16. The van der Waals surface area contributed by atoms with Crippen LogP contribution >= 0.6 is 0 Å². The van der Waals surface area contributed by atoms with Gasteiger partial charge in [-0.1, -0.05) is 70.9 Å². The summed E-state index contributed by atoms with van der Waals surface area (Å²) in [6, 6.07) is 0. The summed E-state index contributed by atoms with van der Waals surface area (Å²) in [5.74, 6) is 0. The Morgan fingerprint density at radius 1 is 0.667 bits per heavy atom. The van der Waals surface area contributed by atoms with Crippen LogP contribution in [0.4, 0.5) is 0 Å². The van der Waals surface area contributed by atoms with Gasteiger partial charge in [0.2, 0.25) is 0 Å². The molecule has 0 heteroatoms. The largest absolute Gasteiger partial charge is 0.0999 e. The van der Waals surface area contributed by atoms with Crippen molar-refractivity contribution in [3.8, 4) is 0 Å². The summed E-state index contributed by atoms with van der Waals surface area (Å²) in [6.07, 6.45) is 15.0. The number of hydrogen-bond donors (Lipinski definition) is 0. The Hall–Kier alpha value is -0.260. The first-order valence-corrected chi connectivity index (χ1v) is 6.97. The topological polar surface area (TPSA) is 0 Å². The van der Waals surface area contributed by atoms with Gasteiger partial charge in [0, 0.05) is 0 Å². The Morgan fingerprint density at radius 3 is 1.67 bits per heavy atom. The molecule has 90 valence electrons. The molecule has 0 aromatic heterocycles. The van der Waals surface area contributed by atoms with Gasteiger partial charge in [-0.25, -0.2) is 0 Å². The van der Waals surface area contributed by atoms with Crippen LogP contribution in [0.2, 0.25) is 0 Å². The third-order valence-corrected chi connectivity index (χ3v) is 3.02. The summed E-state index contributed by atoms with van der Waals surface area (Å²) in [5.41, 5.74) is 1.49. The fourth-order valence-electron chi connectivity index (χ4n) is 1.91. The van der Waals surface area contributed by atoms with Gasteiger partial charge in [-0.15, -0.1) is 0 Å². The highest BCUT2D eigenvalue weighted by Crippen LogP contribution is 2.15. The predicted octanol–water partition coefficient (Wildman–Crippen LogP) is 5.87. The van der Waals surface area contributed by atoms with Crippen molar-refractivity contribution in [1.29, 1.82) is 0 Å². The normalized spacial score (nSPS) is 10.5. The van der Waals surface area contributed by atoms with Crippen LogP contribution in [0, 0.1) is 0 Å². The first-order valence-electron chi connectivity index (χ1n) is 6.97. The minimum Gasteiger partial charge on any atom is -0.0999 e. The lowest BCUT2D eigenvalue weighted by atomic mass is 10.0. The Kier molecular flexibility index (Phi) is 11.6. The van der Waals surface area contributed by atoms with Crippen molar-refractivity contribution in [2.75, 3.05) is 0 Å². The Balaban J connectivity index is 3.10. The van der Waals surface area contributed by atoms with Crippen LogP contribution in [-0.2, 0) is 0 Å². The van der Waals surface area contributed by atoms with Crippen LogP contribution < -0.4 is 0 Å². The number of hydrogen-bond acceptors (Lipinski definition) is 0. The first-order chi connectivity index (χ1) is 7.31. The lowest BCUT2D eigenvalue weighted by molar-refractivity contribution is 0.597. The van der Waals surface area contributed by atoms with Crippen LogP contribution in [0.1, 0.15) is 84.5 Å². The van der Waals surface area contributed by atoms with Crippen molar-refractivity contribution in [2.45, 2.75) is 84.5 Å². The van der Waals surface area contributed by atoms with E-state index in [-0.39, 0.29) is 0 Å². The summed E-state index contributed by atoms with van der Waals surface area (Å²) >= 11 is 0. The molecular weight excluding hydrogens is 180 g/mol. The summed E-state index contributed by atoms with van der Waals surface area (Å²) in [7, 11) is 0. The molecule has 0 nitrogen and oxygen atoms in total. The van der Waals surface area contributed by atoms with Crippen molar-refractivity contribution in [1.82, 2.24) is 0 Å². The Bertz CT molecular complexity index is 135. The molecule has 0 aliphatic heterocycles. The second kappa shape index (κ2) is 11.8. The van der Waals surface area contributed by atoms with E-state index < -0.39 is 0 Å². The molecule has 0 amide bonds. The highest BCUT2D eigenvalue weighted by Gasteiger charge is 1.95. The third kappa shape index (κ3) is 11.7. The van der Waals surface area contributed by atoms with Gasteiger partial charge in [0.25, 0.3) is 0 Å². The molecular formula is C15H30. The number of allylic oxidation sites excluding steroid dienone is 1. The molecule has 0 aromatic rings. The van der Waals surface area contributed by atoms with Gasteiger partial charge in [0.1, 0.15) is 0 Å². The maximum absolute atomic E-state index is 4.16. The maximum Gasteiger partial charge on any atom is -0.0323 e. The fourth-order valence-corrected chi connectivity index (χ4v) is 1.91. The quantitative estimate of drug-likeness (QED) is 0.295. The number of rotatable bonds is 11.